The van der Waals surface area contributed by atoms with Crippen LogP contribution in [0.1, 0.15) is 29.6 Å². The molecule has 1 saturated carbocycles. The molecule has 3 N–H and O–H groups in total. The van der Waals surface area contributed by atoms with Gasteiger partial charge in [0.25, 0.3) is 5.91 Å². The minimum atomic E-state index is 0.0498. The maximum atomic E-state index is 12.7. The summed E-state index contributed by atoms with van der Waals surface area (Å²) in [5, 5.41) is 0. The zero-order valence-corrected chi connectivity index (χ0v) is 10.8. The largest absolute Gasteiger partial charge is 0.374 e. The number of hydrogen-bond acceptors (Lipinski definition) is 4. The van der Waals surface area contributed by atoms with Crippen molar-refractivity contribution in [2.45, 2.75) is 31.4 Å². The first-order valence-electron chi connectivity index (χ1n) is 6.79. The standard InChI is InChI=1S/C14H19N3O2/c15-16-11-5-2-1-4-10(11)14(18)17-8-9-19-13-7-3-6-12(13)17/h1-2,4-5,12-13,16H,3,6-9,15H2. The Kier molecular flexibility index (Phi) is 3.40. The summed E-state index contributed by atoms with van der Waals surface area (Å²) in [6, 6.07) is 7.59. The van der Waals surface area contributed by atoms with E-state index >= 15 is 0 Å². The van der Waals surface area contributed by atoms with E-state index in [4.69, 9.17) is 10.6 Å². The number of fused-ring (bicyclic) bond motifs is 1. The van der Waals surface area contributed by atoms with E-state index in [-0.39, 0.29) is 18.1 Å². The molecule has 1 aromatic carbocycles. The van der Waals surface area contributed by atoms with Crippen LogP contribution in [0.15, 0.2) is 24.3 Å². The third kappa shape index (κ3) is 2.19. The van der Waals surface area contributed by atoms with E-state index in [1.807, 2.05) is 29.2 Å². The molecule has 2 atom stereocenters. The van der Waals surface area contributed by atoms with Gasteiger partial charge < -0.3 is 15.1 Å². The van der Waals surface area contributed by atoms with Gasteiger partial charge in [0.15, 0.2) is 0 Å². The number of hydrogen-bond donors (Lipinski definition) is 2. The molecule has 102 valence electrons. The van der Waals surface area contributed by atoms with Crippen LogP contribution >= 0.6 is 0 Å². The van der Waals surface area contributed by atoms with Crippen LogP contribution in [0.2, 0.25) is 0 Å². The van der Waals surface area contributed by atoms with Gasteiger partial charge in [-0.1, -0.05) is 12.1 Å². The number of carbonyl (C=O) groups is 1. The number of benzene rings is 1. The maximum absolute atomic E-state index is 12.7. The van der Waals surface area contributed by atoms with E-state index in [0.717, 1.165) is 19.3 Å². The molecule has 0 spiro atoms. The summed E-state index contributed by atoms with van der Waals surface area (Å²) in [6.45, 7) is 1.30. The number of nitrogens with one attached hydrogen (secondary N) is 1. The van der Waals surface area contributed by atoms with Gasteiger partial charge >= 0.3 is 0 Å². The molecule has 2 unspecified atom stereocenters. The van der Waals surface area contributed by atoms with Crippen LogP contribution in [0.5, 0.6) is 0 Å². The average Bonchev–Trinajstić information content (AvgIpc) is 2.94. The lowest BCUT2D eigenvalue weighted by Gasteiger charge is -2.38. The summed E-state index contributed by atoms with van der Waals surface area (Å²) in [5.41, 5.74) is 3.91. The molecular weight excluding hydrogens is 242 g/mol. The second kappa shape index (κ2) is 5.19. The molecule has 3 rings (SSSR count). The Morgan fingerprint density at radius 3 is 3.05 bits per heavy atom. The predicted octanol–water partition coefficient (Wildman–Crippen LogP) is 1.37. The van der Waals surface area contributed by atoms with Crippen LogP contribution in [0.25, 0.3) is 0 Å². The molecule has 1 aromatic rings. The molecule has 0 aromatic heterocycles. The van der Waals surface area contributed by atoms with E-state index in [1.165, 1.54) is 0 Å². The summed E-state index contributed by atoms with van der Waals surface area (Å²) in [6.07, 6.45) is 3.45. The van der Waals surface area contributed by atoms with Gasteiger partial charge in [0.1, 0.15) is 0 Å². The van der Waals surface area contributed by atoms with Crippen molar-refractivity contribution in [3.05, 3.63) is 29.8 Å². The number of rotatable bonds is 2. The monoisotopic (exact) mass is 261 g/mol. The van der Waals surface area contributed by atoms with Gasteiger partial charge in [-0.3, -0.25) is 10.6 Å². The molecule has 1 saturated heterocycles. The number of carbonyl (C=O) groups excluding carboxylic acids is 1. The highest BCUT2D eigenvalue weighted by atomic mass is 16.5. The molecule has 2 aliphatic rings. The van der Waals surface area contributed by atoms with Crippen molar-refractivity contribution in [3.8, 4) is 0 Å². The van der Waals surface area contributed by atoms with Crippen LogP contribution in [0.4, 0.5) is 5.69 Å². The number of nitrogens with two attached hydrogens (primary N) is 1. The van der Waals surface area contributed by atoms with Gasteiger partial charge in [-0.25, -0.2) is 0 Å². The van der Waals surface area contributed by atoms with E-state index < -0.39 is 0 Å². The molecular formula is C14H19N3O2. The first-order chi connectivity index (χ1) is 9.31. The van der Waals surface area contributed by atoms with E-state index in [2.05, 4.69) is 5.43 Å². The van der Waals surface area contributed by atoms with Crippen molar-refractivity contribution < 1.29 is 9.53 Å². The molecule has 1 aliphatic heterocycles. The van der Waals surface area contributed by atoms with Gasteiger partial charge in [-0.15, -0.1) is 0 Å². The molecule has 0 radical (unpaired) electrons. The van der Waals surface area contributed by atoms with Gasteiger partial charge in [-0.2, -0.15) is 0 Å². The average molecular weight is 261 g/mol. The Balaban J connectivity index is 1.86. The number of nitrogens with zero attached hydrogens (tertiary/aromatic N) is 1. The highest BCUT2D eigenvalue weighted by Gasteiger charge is 2.38. The first-order valence-corrected chi connectivity index (χ1v) is 6.79. The molecule has 5 heteroatoms. The van der Waals surface area contributed by atoms with Gasteiger partial charge in [-0.05, 0) is 31.4 Å². The fourth-order valence-corrected chi connectivity index (χ4v) is 3.13. The lowest BCUT2D eigenvalue weighted by Crippen LogP contribution is -2.51. The minimum absolute atomic E-state index is 0.0498. The van der Waals surface area contributed by atoms with Crippen molar-refractivity contribution >= 4 is 11.6 Å². The third-order valence-electron chi connectivity index (χ3n) is 4.06. The number of amides is 1. The molecule has 0 bridgehead atoms. The molecule has 1 heterocycles. The predicted molar refractivity (Wildman–Crippen MR) is 72.7 cm³/mol. The second-order valence-electron chi connectivity index (χ2n) is 5.10. The van der Waals surface area contributed by atoms with Crippen molar-refractivity contribution in [2.75, 3.05) is 18.6 Å². The van der Waals surface area contributed by atoms with E-state index in [1.54, 1.807) is 0 Å². The molecule has 1 aliphatic carbocycles. The highest BCUT2D eigenvalue weighted by Crippen LogP contribution is 2.31. The van der Waals surface area contributed by atoms with E-state index in [9.17, 15) is 4.79 Å². The Hall–Kier alpha value is -1.59. The lowest BCUT2D eigenvalue weighted by molar-refractivity contribution is -0.0445. The summed E-state index contributed by atoms with van der Waals surface area (Å²) in [5.74, 6) is 5.53. The maximum Gasteiger partial charge on any atom is 0.256 e. The smallest absolute Gasteiger partial charge is 0.256 e. The van der Waals surface area contributed by atoms with Crippen LogP contribution in [-0.4, -0.2) is 36.1 Å². The molecule has 1 amide bonds. The number of morpholine rings is 1. The molecule has 5 nitrogen and oxygen atoms in total. The third-order valence-corrected chi connectivity index (χ3v) is 4.06. The summed E-state index contributed by atoms with van der Waals surface area (Å²) < 4.78 is 5.74. The normalized spacial score (nSPS) is 26.1. The number of para-hydroxylation sites is 1. The highest BCUT2D eigenvalue weighted by molar-refractivity contribution is 5.99. The quantitative estimate of drug-likeness (QED) is 0.623. The van der Waals surface area contributed by atoms with Crippen molar-refractivity contribution in [2.24, 2.45) is 5.84 Å². The molecule has 19 heavy (non-hydrogen) atoms. The Labute approximate surface area is 112 Å². The number of nitrogen functional groups attached to an aromatic ring is 1. The zero-order valence-electron chi connectivity index (χ0n) is 10.8. The van der Waals surface area contributed by atoms with Crippen molar-refractivity contribution in [3.63, 3.8) is 0 Å². The molecule has 2 fully saturated rings. The van der Waals surface area contributed by atoms with Gasteiger partial charge in [0.2, 0.25) is 0 Å². The Morgan fingerprint density at radius 2 is 2.21 bits per heavy atom. The summed E-state index contributed by atoms with van der Waals surface area (Å²) in [4.78, 5) is 14.7. The Bertz CT molecular complexity index is 478. The summed E-state index contributed by atoms with van der Waals surface area (Å²) >= 11 is 0. The van der Waals surface area contributed by atoms with Crippen LogP contribution in [0.3, 0.4) is 0 Å². The van der Waals surface area contributed by atoms with Crippen LogP contribution in [-0.2, 0) is 4.74 Å². The van der Waals surface area contributed by atoms with E-state index in [0.29, 0.717) is 24.4 Å². The number of anilines is 1. The number of hydrazine groups is 1. The van der Waals surface area contributed by atoms with Gasteiger partial charge in [0, 0.05) is 6.54 Å². The SMILES string of the molecule is NNc1ccccc1C(=O)N1CCOC2CCCC21. The zero-order chi connectivity index (χ0) is 13.2. The van der Waals surface area contributed by atoms with Crippen molar-refractivity contribution in [1.29, 1.82) is 0 Å². The first kappa shape index (κ1) is 12.4. The van der Waals surface area contributed by atoms with Crippen LogP contribution < -0.4 is 11.3 Å². The summed E-state index contributed by atoms with van der Waals surface area (Å²) in [7, 11) is 0. The fraction of sp³-hybridized carbons (Fsp3) is 0.500. The topological polar surface area (TPSA) is 67.6 Å². The fourth-order valence-electron chi connectivity index (χ4n) is 3.13. The van der Waals surface area contributed by atoms with Crippen LogP contribution in [0, 0.1) is 0 Å². The number of ether oxygens (including phenoxy) is 1. The minimum Gasteiger partial charge on any atom is -0.374 e. The Morgan fingerprint density at radius 1 is 1.37 bits per heavy atom. The lowest BCUT2D eigenvalue weighted by atomic mass is 10.1. The second-order valence-corrected chi connectivity index (χ2v) is 5.10. The van der Waals surface area contributed by atoms with Crippen molar-refractivity contribution in [1.82, 2.24) is 4.90 Å². The van der Waals surface area contributed by atoms with Gasteiger partial charge in [0.05, 0.1) is 30.0 Å².